The number of nitrogens with one attached hydrogen (secondary N) is 1. The minimum atomic E-state index is 0.724. The van der Waals surface area contributed by atoms with Gasteiger partial charge in [0.1, 0.15) is 5.03 Å². The van der Waals surface area contributed by atoms with Gasteiger partial charge in [-0.15, -0.1) is 11.8 Å². The topological polar surface area (TPSA) is 34.1 Å². The van der Waals surface area contributed by atoms with E-state index in [0.29, 0.717) is 0 Å². The van der Waals surface area contributed by atoms with E-state index in [9.17, 15) is 0 Å². The van der Waals surface area contributed by atoms with E-state index in [0.717, 1.165) is 42.1 Å². The van der Waals surface area contributed by atoms with Crippen LogP contribution in [0.15, 0.2) is 23.4 Å². The predicted octanol–water partition coefficient (Wildman–Crippen LogP) is 2.45. The molecular weight excluding hydrogens is 244 g/mol. The maximum Gasteiger partial charge on any atom is 0.115 e. The highest BCUT2D eigenvalue weighted by Gasteiger charge is 2.00. The maximum absolute atomic E-state index is 5.98. The molecule has 0 atom stereocenters. The smallest absolute Gasteiger partial charge is 0.115 e. The molecule has 0 aliphatic rings. The second-order valence-electron chi connectivity index (χ2n) is 3.09. The highest BCUT2D eigenvalue weighted by Crippen LogP contribution is 2.23. The lowest BCUT2D eigenvalue weighted by Gasteiger charge is -2.05. The number of nitrogens with zero attached hydrogens (tertiary/aromatic N) is 1. The molecule has 1 rings (SSSR count). The van der Waals surface area contributed by atoms with Crippen molar-refractivity contribution in [2.45, 2.75) is 11.9 Å². The molecule has 1 aromatic rings. The summed E-state index contributed by atoms with van der Waals surface area (Å²) in [7, 11) is 0. The molecule has 1 aromatic heterocycles. The fraction of sp³-hybridized carbons (Fsp3) is 0.545. The number of thioether (sulfide) groups is 1. The molecule has 0 saturated heterocycles. The molecule has 1 heterocycles. The summed E-state index contributed by atoms with van der Waals surface area (Å²) in [4.78, 5) is 4.20. The van der Waals surface area contributed by atoms with Crippen molar-refractivity contribution in [3.8, 4) is 0 Å². The molecule has 90 valence electrons. The summed E-state index contributed by atoms with van der Waals surface area (Å²) in [6.07, 6.45) is 1.76. The first-order valence-corrected chi connectivity index (χ1v) is 6.72. The number of pyridine rings is 1. The van der Waals surface area contributed by atoms with E-state index in [1.165, 1.54) is 0 Å². The maximum atomic E-state index is 5.98. The Morgan fingerprint density at radius 2 is 2.38 bits per heavy atom. The average Bonchev–Trinajstić information content (AvgIpc) is 2.30. The lowest BCUT2D eigenvalue weighted by atomic mass is 10.5. The highest BCUT2D eigenvalue weighted by molar-refractivity contribution is 7.99. The van der Waals surface area contributed by atoms with E-state index in [1.807, 2.05) is 19.1 Å². The molecule has 0 aromatic carbocycles. The molecule has 0 spiro atoms. The molecular formula is C11H17ClN2OS. The van der Waals surface area contributed by atoms with Gasteiger partial charge in [0.2, 0.25) is 0 Å². The molecule has 0 aliphatic heterocycles. The van der Waals surface area contributed by atoms with Gasteiger partial charge in [-0.25, -0.2) is 4.98 Å². The van der Waals surface area contributed by atoms with Crippen LogP contribution >= 0.6 is 23.4 Å². The van der Waals surface area contributed by atoms with Crippen molar-refractivity contribution >= 4 is 23.4 Å². The monoisotopic (exact) mass is 260 g/mol. The number of rotatable bonds is 8. The molecule has 0 unspecified atom stereocenters. The van der Waals surface area contributed by atoms with E-state index in [1.54, 1.807) is 18.0 Å². The Labute approximate surface area is 106 Å². The molecule has 0 fully saturated rings. The first kappa shape index (κ1) is 13.8. The van der Waals surface area contributed by atoms with Crippen LogP contribution in [0.2, 0.25) is 5.02 Å². The molecule has 5 heteroatoms. The van der Waals surface area contributed by atoms with Gasteiger partial charge in [-0.05, 0) is 19.1 Å². The molecule has 0 aliphatic carbocycles. The lowest BCUT2D eigenvalue weighted by Crippen LogP contribution is -2.22. The van der Waals surface area contributed by atoms with Crippen molar-refractivity contribution in [3.63, 3.8) is 0 Å². The summed E-state index contributed by atoms with van der Waals surface area (Å²) in [5, 5.41) is 4.92. The van der Waals surface area contributed by atoms with Crippen LogP contribution in [0.25, 0.3) is 0 Å². The van der Waals surface area contributed by atoms with Gasteiger partial charge in [-0.2, -0.15) is 0 Å². The summed E-state index contributed by atoms with van der Waals surface area (Å²) in [6.45, 7) is 5.37. The molecule has 3 nitrogen and oxygen atoms in total. The van der Waals surface area contributed by atoms with Crippen LogP contribution < -0.4 is 5.32 Å². The number of hydrogen-bond acceptors (Lipinski definition) is 4. The van der Waals surface area contributed by atoms with Crippen molar-refractivity contribution in [1.82, 2.24) is 10.3 Å². The average molecular weight is 261 g/mol. The van der Waals surface area contributed by atoms with Crippen molar-refractivity contribution in [3.05, 3.63) is 23.4 Å². The third kappa shape index (κ3) is 5.70. The van der Waals surface area contributed by atoms with Crippen LogP contribution in [0.1, 0.15) is 6.92 Å². The summed E-state index contributed by atoms with van der Waals surface area (Å²) >= 11 is 7.65. The number of hydrogen-bond donors (Lipinski definition) is 1. The molecule has 0 radical (unpaired) electrons. The Hall–Kier alpha value is -0.290. The standard InChI is InChI=1S/C11H17ClN2OS/c1-2-15-8-6-13-7-9-16-11-10(12)4-3-5-14-11/h3-5,13H,2,6-9H2,1H3. The second kappa shape index (κ2) is 8.82. The summed E-state index contributed by atoms with van der Waals surface area (Å²) in [5.74, 6) is 0.961. The van der Waals surface area contributed by atoms with E-state index in [-0.39, 0.29) is 0 Å². The van der Waals surface area contributed by atoms with Crippen LogP contribution in [0.4, 0.5) is 0 Å². The van der Waals surface area contributed by atoms with Gasteiger partial charge in [0.25, 0.3) is 0 Å². The fourth-order valence-corrected chi connectivity index (χ4v) is 2.18. The molecule has 0 saturated carbocycles. The SMILES string of the molecule is CCOCCNCCSc1ncccc1Cl. The van der Waals surface area contributed by atoms with E-state index in [4.69, 9.17) is 16.3 Å². The summed E-state index contributed by atoms with van der Waals surface area (Å²) in [6, 6.07) is 3.70. The second-order valence-corrected chi connectivity index (χ2v) is 4.58. The third-order valence-corrected chi connectivity index (χ3v) is 3.29. The van der Waals surface area contributed by atoms with Crippen LogP contribution in [0.5, 0.6) is 0 Å². The number of halogens is 1. The van der Waals surface area contributed by atoms with Gasteiger partial charge in [0.05, 0.1) is 11.6 Å². The minimum absolute atomic E-state index is 0.724. The van der Waals surface area contributed by atoms with Gasteiger partial charge in [-0.3, -0.25) is 0 Å². The number of aromatic nitrogens is 1. The van der Waals surface area contributed by atoms with Crippen molar-refractivity contribution in [2.75, 3.05) is 32.1 Å². The van der Waals surface area contributed by atoms with Gasteiger partial charge in [0, 0.05) is 31.6 Å². The zero-order valence-electron chi connectivity index (χ0n) is 9.41. The third-order valence-electron chi connectivity index (χ3n) is 1.87. The quantitative estimate of drug-likeness (QED) is 0.575. The number of ether oxygens (including phenoxy) is 1. The van der Waals surface area contributed by atoms with Gasteiger partial charge < -0.3 is 10.1 Å². The normalized spacial score (nSPS) is 10.6. The molecule has 0 amide bonds. The Morgan fingerprint density at radius 1 is 1.50 bits per heavy atom. The van der Waals surface area contributed by atoms with Crippen molar-refractivity contribution in [2.24, 2.45) is 0 Å². The largest absolute Gasteiger partial charge is 0.380 e. The fourth-order valence-electron chi connectivity index (χ4n) is 1.11. The van der Waals surface area contributed by atoms with Crippen molar-refractivity contribution in [1.29, 1.82) is 0 Å². The molecule has 16 heavy (non-hydrogen) atoms. The van der Waals surface area contributed by atoms with Crippen molar-refractivity contribution < 1.29 is 4.74 Å². The zero-order chi connectivity index (χ0) is 11.6. The Kier molecular flexibility index (Phi) is 7.59. The van der Waals surface area contributed by atoms with Gasteiger partial charge >= 0.3 is 0 Å². The minimum Gasteiger partial charge on any atom is -0.380 e. The summed E-state index contributed by atoms with van der Waals surface area (Å²) in [5.41, 5.74) is 0. The summed E-state index contributed by atoms with van der Waals surface area (Å²) < 4.78 is 5.21. The van der Waals surface area contributed by atoms with E-state index >= 15 is 0 Å². The first-order chi connectivity index (χ1) is 7.84. The van der Waals surface area contributed by atoms with Crippen LogP contribution in [0.3, 0.4) is 0 Å². The van der Waals surface area contributed by atoms with E-state index in [2.05, 4.69) is 10.3 Å². The Bertz CT molecular complexity index is 299. The van der Waals surface area contributed by atoms with Gasteiger partial charge in [-0.1, -0.05) is 11.6 Å². The zero-order valence-corrected chi connectivity index (χ0v) is 11.0. The molecule has 1 N–H and O–H groups in total. The molecule has 0 bridgehead atoms. The van der Waals surface area contributed by atoms with Gasteiger partial charge in [0.15, 0.2) is 0 Å². The highest BCUT2D eigenvalue weighted by atomic mass is 35.5. The van der Waals surface area contributed by atoms with E-state index < -0.39 is 0 Å². The lowest BCUT2D eigenvalue weighted by molar-refractivity contribution is 0.150. The predicted molar refractivity (Wildman–Crippen MR) is 69.3 cm³/mol. The first-order valence-electron chi connectivity index (χ1n) is 5.36. The van der Waals surface area contributed by atoms with Crippen LogP contribution in [-0.4, -0.2) is 37.0 Å². The Morgan fingerprint density at radius 3 is 3.12 bits per heavy atom. The van der Waals surface area contributed by atoms with Crippen LogP contribution in [-0.2, 0) is 4.74 Å². The Balaban J connectivity index is 2.05. The van der Waals surface area contributed by atoms with Crippen LogP contribution in [0, 0.1) is 0 Å².